The first-order chi connectivity index (χ1) is 14.4. The van der Waals surface area contributed by atoms with E-state index in [0.29, 0.717) is 22.7 Å². The topological polar surface area (TPSA) is 156 Å². The third kappa shape index (κ3) is 11.4. The van der Waals surface area contributed by atoms with Crippen LogP contribution in [-0.2, 0) is 0 Å². The fraction of sp³-hybridized carbons (Fsp3) is 0. The second kappa shape index (κ2) is 13.8. The lowest BCUT2D eigenvalue weighted by Crippen LogP contribution is -1.91. The van der Waals surface area contributed by atoms with Crippen molar-refractivity contribution < 1.29 is 0 Å². The summed E-state index contributed by atoms with van der Waals surface area (Å²) in [7, 11) is 0. The Morgan fingerprint density at radius 2 is 0.633 bits per heavy atom. The number of hydrogen-bond donors (Lipinski definition) is 6. The van der Waals surface area contributed by atoms with Crippen molar-refractivity contribution in [3.63, 3.8) is 0 Å². The van der Waals surface area contributed by atoms with Crippen molar-refractivity contribution in [3.8, 4) is 0 Å². The quantitative estimate of drug-likeness (QED) is 0.242. The zero-order chi connectivity index (χ0) is 22.2. The maximum absolute atomic E-state index is 5.39. The predicted molar refractivity (Wildman–Crippen MR) is 132 cm³/mol. The highest BCUT2D eigenvalue weighted by Crippen LogP contribution is 2.10. The molecule has 0 radical (unpaired) electrons. The first-order valence-electron chi connectivity index (χ1n) is 9.20. The normalized spacial score (nSPS) is 8.80. The van der Waals surface area contributed by atoms with Crippen LogP contribution in [0.4, 0.5) is 34.1 Å². The Balaban J connectivity index is 0.000000201. The maximum Gasteiger partial charge on any atom is 0.0547 e. The Hall–Kier alpha value is -4.32. The molecular weight excluding hydrogens is 372 g/mol. The SMILES string of the molecule is Nc1ccc(N)cc1.Nc1cccc(N)c1.Nc1ccccc1N.c1ccccc1. The summed E-state index contributed by atoms with van der Waals surface area (Å²) in [6.45, 7) is 0. The van der Waals surface area contributed by atoms with Crippen molar-refractivity contribution in [1.82, 2.24) is 0 Å². The van der Waals surface area contributed by atoms with E-state index in [9.17, 15) is 0 Å². The second-order valence-corrected chi connectivity index (χ2v) is 6.12. The molecule has 30 heavy (non-hydrogen) atoms. The molecule has 12 N–H and O–H groups in total. The van der Waals surface area contributed by atoms with Gasteiger partial charge in [-0.2, -0.15) is 0 Å². The molecule has 0 saturated carbocycles. The molecule has 0 bridgehead atoms. The maximum atomic E-state index is 5.39. The van der Waals surface area contributed by atoms with Crippen LogP contribution in [0.5, 0.6) is 0 Å². The van der Waals surface area contributed by atoms with Gasteiger partial charge in [-0.3, -0.25) is 0 Å². The molecule has 0 aromatic heterocycles. The Morgan fingerprint density at radius 1 is 0.300 bits per heavy atom. The first-order valence-corrected chi connectivity index (χ1v) is 9.20. The van der Waals surface area contributed by atoms with Crippen molar-refractivity contribution in [3.05, 3.63) is 109 Å². The molecule has 0 saturated heterocycles. The summed E-state index contributed by atoms with van der Waals surface area (Å²) >= 11 is 0. The van der Waals surface area contributed by atoms with Crippen LogP contribution in [0.2, 0.25) is 0 Å². The molecule has 0 heterocycles. The van der Waals surface area contributed by atoms with E-state index >= 15 is 0 Å². The van der Waals surface area contributed by atoms with Crippen molar-refractivity contribution in [2.45, 2.75) is 0 Å². The van der Waals surface area contributed by atoms with Gasteiger partial charge >= 0.3 is 0 Å². The first kappa shape index (κ1) is 23.7. The molecule has 6 nitrogen and oxygen atoms in total. The molecule has 0 amide bonds. The van der Waals surface area contributed by atoms with Crippen LogP contribution in [0.3, 0.4) is 0 Å². The molecule has 0 aliphatic carbocycles. The van der Waals surface area contributed by atoms with E-state index in [2.05, 4.69) is 0 Å². The van der Waals surface area contributed by atoms with Gasteiger partial charge in [0.2, 0.25) is 0 Å². The molecular formula is C24H30N6. The summed E-state index contributed by atoms with van der Waals surface area (Å²) in [6, 6.07) is 33.5. The van der Waals surface area contributed by atoms with Crippen LogP contribution in [0, 0.1) is 0 Å². The summed E-state index contributed by atoms with van der Waals surface area (Å²) in [5.41, 5.74) is 36.5. The minimum absolute atomic E-state index is 0.646. The fourth-order valence-corrected chi connectivity index (χ4v) is 1.95. The molecule has 0 unspecified atom stereocenters. The Labute approximate surface area is 178 Å². The van der Waals surface area contributed by atoms with Crippen molar-refractivity contribution in [2.24, 2.45) is 0 Å². The van der Waals surface area contributed by atoms with Crippen LogP contribution in [0.25, 0.3) is 0 Å². The van der Waals surface area contributed by atoms with Crippen LogP contribution in [0.15, 0.2) is 109 Å². The average Bonchev–Trinajstić information content (AvgIpc) is 2.75. The van der Waals surface area contributed by atoms with Crippen LogP contribution >= 0.6 is 0 Å². The fourth-order valence-electron chi connectivity index (χ4n) is 1.95. The van der Waals surface area contributed by atoms with E-state index in [1.165, 1.54) is 0 Å². The van der Waals surface area contributed by atoms with Gasteiger partial charge in [-0.1, -0.05) is 54.6 Å². The molecule has 0 spiro atoms. The van der Waals surface area contributed by atoms with Gasteiger partial charge in [0.15, 0.2) is 0 Å². The van der Waals surface area contributed by atoms with Crippen molar-refractivity contribution in [1.29, 1.82) is 0 Å². The monoisotopic (exact) mass is 402 g/mol. The summed E-state index contributed by atoms with van der Waals surface area (Å²) in [5, 5.41) is 0. The summed E-state index contributed by atoms with van der Waals surface area (Å²) in [6.07, 6.45) is 0. The number of anilines is 6. The van der Waals surface area contributed by atoms with Gasteiger partial charge in [0.25, 0.3) is 0 Å². The largest absolute Gasteiger partial charge is 0.399 e. The van der Waals surface area contributed by atoms with Crippen molar-refractivity contribution in [2.75, 3.05) is 34.4 Å². The highest BCUT2D eigenvalue weighted by molar-refractivity contribution is 5.62. The third-order valence-electron chi connectivity index (χ3n) is 3.51. The molecule has 0 aliphatic rings. The Morgan fingerprint density at radius 3 is 0.867 bits per heavy atom. The second-order valence-electron chi connectivity index (χ2n) is 6.12. The standard InChI is InChI=1S/3C6H8N2.C6H6/c7-5-1-2-6(8)4-3-5;7-5-2-1-3-6(8)4-5;7-5-3-1-2-4-6(5)8;1-2-4-6-5-3-1/h3*1-4H,7-8H2;1-6H. The smallest absolute Gasteiger partial charge is 0.0547 e. The number of nitrogen functional groups attached to an aromatic ring is 6. The van der Waals surface area contributed by atoms with E-state index in [-0.39, 0.29) is 0 Å². The molecule has 6 heteroatoms. The molecule has 0 fully saturated rings. The zero-order valence-electron chi connectivity index (χ0n) is 16.9. The van der Waals surface area contributed by atoms with E-state index in [4.69, 9.17) is 34.4 Å². The number of rotatable bonds is 0. The molecule has 156 valence electrons. The number of hydrogen-bond acceptors (Lipinski definition) is 6. The highest BCUT2D eigenvalue weighted by Gasteiger charge is 1.85. The number of para-hydroxylation sites is 2. The molecule has 4 aromatic carbocycles. The molecule has 0 atom stereocenters. The van der Waals surface area contributed by atoms with Gasteiger partial charge in [-0.25, -0.2) is 0 Å². The van der Waals surface area contributed by atoms with Crippen LogP contribution < -0.4 is 34.4 Å². The van der Waals surface area contributed by atoms with E-state index in [1.54, 1.807) is 54.6 Å². The van der Waals surface area contributed by atoms with Gasteiger partial charge in [-0.15, -0.1) is 0 Å². The molecule has 0 aliphatic heterocycles. The van der Waals surface area contributed by atoms with Gasteiger partial charge in [0, 0.05) is 22.7 Å². The number of benzene rings is 4. The predicted octanol–water partition coefficient (Wildman–Crippen LogP) is 4.24. The van der Waals surface area contributed by atoms with E-state index < -0.39 is 0 Å². The lowest BCUT2D eigenvalue weighted by atomic mass is 10.3. The van der Waals surface area contributed by atoms with E-state index in [1.807, 2.05) is 54.6 Å². The van der Waals surface area contributed by atoms with Crippen molar-refractivity contribution >= 4 is 34.1 Å². The van der Waals surface area contributed by atoms with Crippen LogP contribution in [-0.4, -0.2) is 0 Å². The summed E-state index contributed by atoms with van der Waals surface area (Å²) < 4.78 is 0. The Bertz CT molecular complexity index is 871. The van der Waals surface area contributed by atoms with E-state index in [0.717, 1.165) is 11.4 Å². The summed E-state index contributed by atoms with van der Waals surface area (Å²) in [5.74, 6) is 0. The lowest BCUT2D eigenvalue weighted by molar-refractivity contribution is 1.67. The number of nitrogens with two attached hydrogens (primary N) is 6. The lowest BCUT2D eigenvalue weighted by Gasteiger charge is -1.94. The van der Waals surface area contributed by atoms with Gasteiger partial charge < -0.3 is 34.4 Å². The Kier molecular flexibility index (Phi) is 10.9. The zero-order valence-corrected chi connectivity index (χ0v) is 16.9. The minimum atomic E-state index is 0.646. The van der Waals surface area contributed by atoms with Gasteiger partial charge in [0.05, 0.1) is 11.4 Å². The molecule has 4 aromatic rings. The highest BCUT2D eigenvalue weighted by atomic mass is 14.7. The third-order valence-corrected chi connectivity index (χ3v) is 3.51. The summed E-state index contributed by atoms with van der Waals surface area (Å²) in [4.78, 5) is 0. The molecule has 4 rings (SSSR count). The van der Waals surface area contributed by atoms with Gasteiger partial charge in [-0.05, 0) is 54.6 Å². The van der Waals surface area contributed by atoms with Crippen LogP contribution in [0.1, 0.15) is 0 Å². The minimum Gasteiger partial charge on any atom is -0.399 e. The average molecular weight is 403 g/mol. The van der Waals surface area contributed by atoms with Gasteiger partial charge in [0.1, 0.15) is 0 Å².